The van der Waals surface area contributed by atoms with Crippen molar-refractivity contribution in [3.63, 3.8) is 0 Å². The molecular weight excluding hydrogens is 244 g/mol. The fraction of sp³-hybridized carbons (Fsp3) is 0.273. The molecular formula is C11H11ClN2OS. The van der Waals surface area contributed by atoms with Crippen LogP contribution in [0.5, 0.6) is 0 Å². The Bertz CT molecular complexity index is 486. The first-order valence-electron chi connectivity index (χ1n) is 4.87. The predicted octanol–water partition coefficient (Wildman–Crippen LogP) is 3.88. The number of benzene rings is 1. The van der Waals surface area contributed by atoms with Gasteiger partial charge in [0, 0.05) is 16.8 Å². The highest BCUT2D eigenvalue weighted by Gasteiger charge is 2.13. The Morgan fingerprint density at radius 2 is 2.19 bits per heavy atom. The molecule has 0 unspecified atom stereocenters. The van der Waals surface area contributed by atoms with Crippen LogP contribution in [0.3, 0.4) is 0 Å². The van der Waals surface area contributed by atoms with Gasteiger partial charge in [0.15, 0.2) is 0 Å². The molecule has 0 bridgehead atoms. The van der Waals surface area contributed by atoms with E-state index >= 15 is 0 Å². The smallest absolute Gasteiger partial charge is 0.229 e. The zero-order valence-corrected chi connectivity index (χ0v) is 10.5. The highest BCUT2D eigenvalue weighted by atomic mass is 35.5. The Balaban J connectivity index is 2.10. The van der Waals surface area contributed by atoms with Crippen LogP contribution in [0.1, 0.15) is 24.0 Å². The highest BCUT2D eigenvalue weighted by Crippen LogP contribution is 2.34. The van der Waals surface area contributed by atoms with Gasteiger partial charge in [0.2, 0.25) is 11.8 Å². The van der Waals surface area contributed by atoms with Crippen molar-refractivity contribution in [3.05, 3.63) is 41.1 Å². The largest absolute Gasteiger partial charge is 0.424 e. The summed E-state index contributed by atoms with van der Waals surface area (Å²) in [4.78, 5) is 1.09. The normalized spacial score (nSPS) is 12.7. The van der Waals surface area contributed by atoms with Crippen molar-refractivity contribution in [2.45, 2.75) is 24.0 Å². The fourth-order valence-corrected chi connectivity index (χ4v) is 2.48. The standard InChI is InChI=1S/C11H11ClN2OS/c1-7(11-14-13-8(2)15-11)16-10-5-3-4-9(12)6-10/h3-7H,1-2H3/t7-/m0/s1. The lowest BCUT2D eigenvalue weighted by atomic mass is 10.4. The van der Waals surface area contributed by atoms with Gasteiger partial charge < -0.3 is 4.42 Å². The second kappa shape index (κ2) is 4.89. The molecule has 16 heavy (non-hydrogen) atoms. The first kappa shape index (κ1) is 11.5. The maximum atomic E-state index is 5.91. The monoisotopic (exact) mass is 254 g/mol. The zero-order valence-electron chi connectivity index (χ0n) is 8.98. The highest BCUT2D eigenvalue weighted by molar-refractivity contribution is 7.99. The van der Waals surface area contributed by atoms with E-state index in [1.54, 1.807) is 18.7 Å². The summed E-state index contributed by atoms with van der Waals surface area (Å²) in [5.74, 6) is 1.23. The van der Waals surface area contributed by atoms with Gasteiger partial charge >= 0.3 is 0 Å². The van der Waals surface area contributed by atoms with Crippen molar-refractivity contribution >= 4 is 23.4 Å². The number of thioether (sulfide) groups is 1. The Labute approximate surface area is 103 Å². The van der Waals surface area contributed by atoms with Crippen molar-refractivity contribution in [2.24, 2.45) is 0 Å². The lowest BCUT2D eigenvalue weighted by Gasteiger charge is -2.06. The van der Waals surface area contributed by atoms with Crippen LogP contribution in [0.25, 0.3) is 0 Å². The number of hydrogen-bond donors (Lipinski definition) is 0. The van der Waals surface area contributed by atoms with Crippen molar-refractivity contribution in [3.8, 4) is 0 Å². The van der Waals surface area contributed by atoms with Gasteiger partial charge in [-0.2, -0.15) is 0 Å². The van der Waals surface area contributed by atoms with E-state index in [1.165, 1.54) is 0 Å². The molecule has 0 aliphatic carbocycles. The molecule has 2 aromatic rings. The van der Waals surface area contributed by atoms with Gasteiger partial charge in [0.05, 0.1) is 5.25 Å². The summed E-state index contributed by atoms with van der Waals surface area (Å²) in [5, 5.41) is 8.66. The SMILES string of the molecule is Cc1nnc([C@H](C)Sc2cccc(Cl)c2)o1. The summed E-state index contributed by atoms with van der Waals surface area (Å²) in [6.45, 7) is 3.81. The van der Waals surface area contributed by atoms with Gasteiger partial charge in [0.25, 0.3) is 0 Å². The average molecular weight is 255 g/mol. The molecule has 1 heterocycles. The van der Waals surface area contributed by atoms with Crippen LogP contribution >= 0.6 is 23.4 Å². The van der Waals surface area contributed by atoms with Crippen LogP contribution in [0.2, 0.25) is 5.02 Å². The van der Waals surface area contributed by atoms with E-state index in [9.17, 15) is 0 Å². The topological polar surface area (TPSA) is 38.9 Å². The molecule has 0 N–H and O–H groups in total. The molecule has 5 heteroatoms. The molecule has 3 nitrogen and oxygen atoms in total. The Morgan fingerprint density at radius 3 is 2.81 bits per heavy atom. The second-order valence-corrected chi connectivity index (χ2v) is 5.23. The summed E-state index contributed by atoms with van der Waals surface area (Å²) >= 11 is 7.56. The Kier molecular flexibility index (Phi) is 3.51. The number of hydrogen-bond acceptors (Lipinski definition) is 4. The molecule has 1 aromatic heterocycles. The average Bonchev–Trinajstić information content (AvgIpc) is 2.65. The van der Waals surface area contributed by atoms with Crippen LogP contribution in [-0.2, 0) is 0 Å². The molecule has 0 fully saturated rings. The van der Waals surface area contributed by atoms with E-state index in [-0.39, 0.29) is 5.25 Å². The maximum Gasteiger partial charge on any atom is 0.229 e. The molecule has 0 amide bonds. The maximum absolute atomic E-state index is 5.91. The lowest BCUT2D eigenvalue weighted by molar-refractivity contribution is 0.470. The Morgan fingerprint density at radius 1 is 1.38 bits per heavy atom. The molecule has 0 radical (unpaired) electrons. The molecule has 2 rings (SSSR count). The first-order valence-corrected chi connectivity index (χ1v) is 6.13. The number of aryl methyl sites for hydroxylation is 1. The van der Waals surface area contributed by atoms with E-state index in [0.717, 1.165) is 9.92 Å². The van der Waals surface area contributed by atoms with Gasteiger partial charge in [-0.15, -0.1) is 22.0 Å². The van der Waals surface area contributed by atoms with Crippen molar-refractivity contribution in [1.29, 1.82) is 0 Å². The van der Waals surface area contributed by atoms with Gasteiger partial charge in [-0.1, -0.05) is 17.7 Å². The number of nitrogens with zero attached hydrogens (tertiary/aromatic N) is 2. The summed E-state index contributed by atoms with van der Waals surface area (Å²) in [6, 6.07) is 7.71. The van der Waals surface area contributed by atoms with E-state index in [2.05, 4.69) is 10.2 Å². The van der Waals surface area contributed by atoms with E-state index in [4.69, 9.17) is 16.0 Å². The molecule has 0 aliphatic heterocycles. The number of rotatable bonds is 3. The minimum Gasteiger partial charge on any atom is -0.424 e. The summed E-state index contributed by atoms with van der Waals surface area (Å²) < 4.78 is 5.37. The third-order valence-electron chi connectivity index (χ3n) is 2.00. The second-order valence-electron chi connectivity index (χ2n) is 3.38. The molecule has 0 saturated carbocycles. The summed E-state index contributed by atoms with van der Waals surface area (Å²) in [5.41, 5.74) is 0. The molecule has 0 aliphatic rings. The van der Waals surface area contributed by atoms with E-state index in [0.29, 0.717) is 11.8 Å². The van der Waals surface area contributed by atoms with Crippen LogP contribution in [0.15, 0.2) is 33.6 Å². The van der Waals surface area contributed by atoms with Gasteiger partial charge in [0.1, 0.15) is 0 Å². The van der Waals surface area contributed by atoms with Crippen molar-refractivity contribution in [2.75, 3.05) is 0 Å². The van der Waals surface area contributed by atoms with E-state index in [1.807, 2.05) is 31.2 Å². The molecule has 0 spiro atoms. The van der Waals surface area contributed by atoms with Crippen LogP contribution in [0.4, 0.5) is 0 Å². The Hall–Kier alpha value is -1.00. The number of halogens is 1. The molecule has 1 aromatic carbocycles. The van der Waals surface area contributed by atoms with Crippen LogP contribution in [0, 0.1) is 6.92 Å². The molecule has 0 saturated heterocycles. The van der Waals surface area contributed by atoms with E-state index < -0.39 is 0 Å². The van der Waals surface area contributed by atoms with Crippen molar-refractivity contribution in [1.82, 2.24) is 10.2 Å². The lowest BCUT2D eigenvalue weighted by Crippen LogP contribution is -1.88. The minimum absolute atomic E-state index is 0.125. The first-order chi connectivity index (χ1) is 7.65. The zero-order chi connectivity index (χ0) is 11.5. The quantitative estimate of drug-likeness (QED) is 0.779. The molecule has 1 atom stereocenters. The van der Waals surface area contributed by atoms with Gasteiger partial charge in [-0.25, -0.2) is 0 Å². The third-order valence-corrected chi connectivity index (χ3v) is 3.31. The van der Waals surface area contributed by atoms with Crippen LogP contribution in [-0.4, -0.2) is 10.2 Å². The summed E-state index contributed by atoms with van der Waals surface area (Å²) in [7, 11) is 0. The van der Waals surface area contributed by atoms with Crippen LogP contribution < -0.4 is 0 Å². The molecule has 84 valence electrons. The summed E-state index contributed by atoms with van der Waals surface area (Å²) in [6.07, 6.45) is 0. The van der Waals surface area contributed by atoms with Crippen molar-refractivity contribution < 1.29 is 4.42 Å². The number of aromatic nitrogens is 2. The van der Waals surface area contributed by atoms with Gasteiger partial charge in [-0.3, -0.25) is 0 Å². The van der Waals surface area contributed by atoms with Gasteiger partial charge in [-0.05, 0) is 25.1 Å². The third kappa shape index (κ3) is 2.77. The fourth-order valence-electron chi connectivity index (χ4n) is 1.27. The predicted molar refractivity (Wildman–Crippen MR) is 64.8 cm³/mol. The minimum atomic E-state index is 0.125.